The highest BCUT2D eigenvalue weighted by Crippen LogP contribution is 2.28. The van der Waals surface area contributed by atoms with Gasteiger partial charge in [0.15, 0.2) is 11.5 Å². The number of rotatable bonds is 3. The molecule has 0 heterocycles. The van der Waals surface area contributed by atoms with Crippen LogP contribution in [0.4, 0.5) is 0 Å². The first-order valence-corrected chi connectivity index (χ1v) is 4.77. The Labute approximate surface area is 84.2 Å². The fourth-order valence-electron chi connectivity index (χ4n) is 1.38. The van der Waals surface area contributed by atoms with Crippen LogP contribution in [0.2, 0.25) is 0 Å². The van der Waals surface area contributed by atoms with Crippen molar-refractivity contribution in [1.82, 2.24) is 0 Å². The summed E-state index contributed by atoms with van der Waals surface area (Å²) in [6.45, 7) is 3.87. The van der Waals surface area contributed by atoms with E-state index in [1.807, 2.05) is 13.8 Å². The summed E-state index contributed by atoms with van der Waals surface area (Å²) in [5.74, 6) is -0.123. The molecule has 1 aromatic rings. The summed E-state index contributed by atoms with van der Waals surface area (Å²) >= 11 is 0. The van der Waals surface area contributed by atoms with Crippen LogP contribution in [0.5, 0.6) is 11.5 Å². The Balaban J connectivity index is 2.82. The standard InChI is InChI=1S/C11H17NO2/c1-7-5-10(13)11(14)6-9(7)4-3-8(2)12/h5-6,8,13-14H,3-4,12H2,1-2H3. The monoisotopic (exact) mass is 195 g/mol. The summed E-state index contributed by atoms with van der Waals surface area (Å²) in [5, 5.41) is 18.5. The summed E-state index contributed by atoms with van der Waals surface area (Å²) < 4.78 is 0. The first-order valence-electron chi connectivity index (χ1n) is 4.77. The molecule has 78 valence electrons. The highest BCUT2D eigenvalue weighted by atomic mass is 16.3. The summed E-state index contributed by atoms with van der Waals surface area (Å²) in [6.07, 6.45) is 1.71. The van der Waals surface area contributed by atoms with Crippen molar-refractivity contribution < 1.29 is 10.2 Å². The lowest BCUT2D eigenvalue weighted by atomic mass is 10.0. The maximum Gasteiger partial charge on any atom is 0.157 e. The fourth-order valence-corrected chi connectivity index (χ4v) is 1.38. The van der Waals surface area contributed by atoms with Gasteiger partial charge in [-0.05, 0) is 49.9 Å². The molecule has 0 aliphatic rings. The molecule has 3 nitrogen and oxygen atoms in total. The maximum absolute atomic E-state index is 9.31. The van der Waals surface area contributed by atoms with E-state index < -0.39 is 0 Å². The van der Waals surface area contributed by atoms with Gasteiger partial charge in [0.25, 0.3) is 0 Å². The average Bonchev–Trinajstić information content (AvgIpc) is 2.09. The lowest BCUT2D eigenvalue weighted by molar-refractivity contribution is 0.402. The number of phenols is 2. The van der Waals surface area contributed by atoms with E-state index in [9.17, 15) is 10.2 Å². The molecular formula is C11H17NO2. The van der Waals surface area contributed by atoms with E-state index >= 15 is 0 Å². The van der Waals surface area contributed by atoms with Crippen LogP contribution in [-0.4, -0.2) is 16.3 Å². The van der Waals surface area contributed by atoms with E-state index in [4.69, 9.17) is 5.73 Å². The number of hydrogen-bond donors (Lipinski definition) is 3. The second-order valence-corrected chi connectivity index (χ2v) is 3.78. The second-order valence-electron chi connectivity index (χ2n) is 3.78. The zero-order valence-electron chi connectivity index (χ0n) is 8.62. The molecule has 0 spiro atoms. The van der Waals surface area contributed by atoms with E-state index in [2.05, 4.69) is 0 Å². The third-order valence-electron chi connectivity index (χ3n) is 2.30. The molecule has 0 aliphatic heterocycles. The van der Waals surface area contributed by atoms with Gasteiger partial charge in [-0.3, -0.25) is 0 Å². The molecule has 0 amide bonds. The van der Waals surface area contributed by atoms with Crippen molar-refractivity contribution in [2.24, 2.45) is 5.73 Å². The number of aryl methyl sites for hydroxylation is 2. The molecule has 0 bridgehead atoms. The average molecular weight is 195 g/mol. The van der Waals surface area contributed by atoms with Crippen molar-refractivity contribution in [3.8, 4) is 11.5 Å². The number of nitrogens with two attached hydrogens (primary N) is 1. The molecular weight excluding hydrogens is 178 g/mol. The third-order valence-corrected chi connectivity index (χ3v) is 2.30. The van der Waals surface area contributed by atoms with Gasteiger partial charge in [-0.25, -0.2) is 0 Å². The Morgan fingerprint density at radius 2 is 1.86 bits per heavy atom. The van der Waals surface area contributed by atoms with E-state index in [-0.39, 0.29) is 17.5 Å². The van der Waals surface area contributed by atoms with Crippen molar-refractivity contribution in [1.29, 1.82) is 0 Å². The van der Waals surface area contributed by atoms with Gasteiger partial charge in [-0.15, -0.1) is 0 Å². The van der Waals surface area contributed by atoms with E-state index in [1.165, 1.54) is 0 Å². The summed E-state index contributed by atoms with van der Waals surface area (Å²) in [6, 6.07) is 3.34. The molecule has 0 saturated carbocycles. The Morgan fingerprint density at radius 3 is 2.43 bits per heavy atom. The molecule has 0 radical (unpaired) electrons. The molecule has 1 unspecified atom stereocenters. The van der Waals surface area contributed by atoms with Crippen molar-refractivity contribution >= 4 is 0 Å². The SMILES string of the molecule is Cc1cc(O)c(O)cc1CCC(C)N. The van der Waals surface area contributed by atoms with Crippen LogP contribution in [0.1, 0.15) is 24.5 Å². The first kappa shape index (κ1) is 10.9. The molecule has 0 aromatic heterocycles. The van der Waals surface area contributed by atoms with Gasteiger partial charge in [-0.2, -0.15) is 0 Å². The molecule has 4 N–H and O–H groups in total. The van der Waals surface area contributed by atoms with Gasteiger partial charge < -0.3 is 15.9 Å². The van der Waals surface area contributed by atoms with Gasteiger partial charge in [0.1, 0.15) is 0 Å². The van der Waals surface area contributed by atoms with Crippen molar-refractivity contribution in [3.63, 3.8) is 0 Å². The minimum atomic E-state index is -0.0629. The molecule has 3 heteroatoms. The van der Waals surface area contributed by atoms with Gasteiger partial charge >= 0.3 is 0 Å². The largest absolute Gasteiger partial charge is 0.504 e. The zero-order valence-corrected chi connectivity index (χ0v) is 8.62. The Hall–Kier alpha value is -1.22. The third kappa shape index (κ3) is 2.64. The normalized spacial score (nSPS) is 12.8. The number of benzene rings is 1. The van der Waals surface area contributed by atoms with Crippen molar-refractivity contribution in [2.75, 3.05) is 0 Å². The predicted octanol–water partition coefficient (Wildman–Crippen LogP) is 1.69. The van der Waals surface area contributed by atoms with Crippen molar-refractivity contribution in [2.45, 2.75) is 32.7 Å². The second kappa shape index (κ2) is 4.33. The molecule has 0 saturated heterocycles. The molecule has 1 rings (SSSR count). The summed E-state index contributed by atoms with van der Waals surface area (Å²) in [7, 11) is 0. The smallest absolute Gasteiger partial charge is 0.157 e. The topological polar surface area (TPSA) is 66.5 Å². The van der Waals surface area contributed by atoms with Crippen LogP contribution in [0.25, 0.3) is 0 Å². The summed E-state index contributed by atoms with van der Waals surface area (Å²) in [5.41, 5.74) is 7.67. The van der Waals surface area contributed by atoms with Crippen LogP contribution >= 0.6 is 0 Å². The van der Waals surface area contributed by atoms with Gasteiger partial charge in [0.2, 0.25) is 0 Å². The minimum Gasteiger partial charge on any atom is -0.504 e. The summed E-state index contributed by atoms with van der Waals surface area (Å²) in [4.78, 5) is 0. The lowest BCUT2D eigenvalue weighted by Gasteiger charge is -2.09. The van der Waals surface area contributed by atoms with Gasteiger partial charge in [0, 0.05) is 6.04 Å². The Bertz CT molecular complexity index is 321. The Morgan fingerprint density at radius 1 is 1.29 bits per heavy atom. The predicted molar refractivity (Wildman–Crippen MR) is 56.5 cm³/mol. The number of hydrogen-bond acceptors (Lipinski definition) is 3. The molecule has 1 atom stereocenters. The van der Waals surface area contributed by atoms with Crippen LogP contribution in [-0.2, 0) is 6.42 Å². The molecule has 14 heavy (non-hydrogen) atoms. The fraction of sp³-hybridized carbons (Fsp3) is 0.455. The van der Waals surface area contributed by atoms with Crippen molar-refractivity contribution in [3.05, 3.63) is 23.3 Å². The molecule has 0 aliphatic carbocycles. The van der Waals surface area contributed by atoms with E-state index in [1.54, 1.807) is 12.1 Å². The highest BCUT2D eigenvalue weighted by Gasteiger charge is 2.06. The molecule has 1 aromatic carbocycles. The van der Waals surface area contributed by atoms with Crippen LogP contribution in [0.3, 0.4) is 0 Å². The molecule has 0 fully saturated rings. The lowest BCUT2D eigenvalue weighted by Crippen LogP contribution is -2.15. The number of aromatic hydroxyl groups is 2. The minimum absolute atomic E-state index is 0.0599. The zero-order chi connectivity index (χ0) is 10.7. The number of phenolic OH excluding ortho intramolecular Hbond substituents is 2. The van der Waals surface area contributed by atoms with Crippen LogP contribution in [0, 0.1) is 6.92 Å². The van der Waals surface area contributed by atoms with Gasteiger partial charge in [0.05, 0.1) is 0 Å². The van der Waals surface area contributed by atoms with Gasteiger partial charge in [-0.1, -0.05) is 0 Å². The van der Waals surface area contributed by atoms with Crippen LogP contribution in [0.15, 0.2) is 12.1 Å². The quantitative estimate of drug-likeness (QED) is 0.643. The van der Waals surface area contributed by atoms with Crippen LogP contribution < -0.4 is 5.73 Å². The maximum atomic E-state index is 9.31. The van der Waals surface area contributed by atoms with E-state index in [0.29, 0.717) is 0 Å². The Kier molecular flexibility index (Phi) is 3.36. The highest BCUT2D eigenvalue weighted by molar-refractivity contribution is 5.45. The first-order chi connectivity index (χ1) is 6.50. The van der Waals surface area contributed by atoms with E-state index in [0.717, 1.165) is 24.0 Å².